The molecule has 0 aromatic carbocycles. The zero-order valence-corrected chi connectivity index (χ0v) is 12.9. The lowest BCUT2D eigenvalue weighted by atomic mass is 9.69. The van der Waals surface area contributed by atoms with Crippen molar-refractivity contribution in [3.8, 4) is 12.3 Å². The maximum absolute atomic E-state index is 5.55. The minimum absolute atomic E-state index is 0.218. The second-order valence-electron chi connectivity index (χ2n) is 7.38. The van der Waals surface area contributed by atoms with E-state index in [1.165, 1.54) is 19.3 Å². The lowest BCUT2D eigenvalue weighted by Gasteiger charge is -2.38. The van der Waals surface area contributed by atoms with E-state index in [0.29, 0.717) is 0 Å². The van der Waals surface area contributed by atoms with Gasteiger partial charge in [0.25, 0.3) is 0 Å². The normalized spacial score (nSPS) is 29.3. The molecule has 3 unspecified atom stereocenters. The molecule has 1 aliphatic carbocycles. The van der Waals surface area contributed by atoms with Crippen molar-refractivity contribution in [3.05, 3.63) is 0 Å². The third-order valence-corrected chi connectivity index (χ3v) is 4.40. The van der Waals surface area contributed by atoms with Crippen molar-refractivity contribution in [2.24, 2.45) is 23.7 Å². The van der Waals surface area contributed by atoms with E-state index in [2.05, 4.69) is 45.9 Å². The van der Waals surface area contributed by atoms with Crippen molar-refractivity contribution in [1.82, 2.24) is 5.32 Å². The fraction of sp³-hybridized carbons (Fsp3) is 0.882. The molecule has 0 aromatic rings. The fourth-order valence-electron chi connectivity index (χ4n) is 3.08. The van der Waals surface area contributed by atoms with Gasteiger partial charge in [-0.2, -0.15) is 0 Å². The van der Waals surface area contributed by atoms with Gasteiger partial charge in [0.15, 0.2) is 0 Å². The fourth-order valence-corrected chi connectivity index (χ4v) is 3.08. The summed E-state index contributed by atoms with van der Waals surface area (Å²) in [5.41, 5.74) is 0.218. The smallest absolute Gasteiger partial charge is 0.0118 e. The van der Waals surface area contributed by atoms with Gasteiger partial charge in [0.05, 0.1) is 0 Å². The van der Waals surface area contributed by atoms with Crippen LogP contribution in [0.2, 0.25) is 0 Å². The van der Waals surface area contributed by atoms with Gasteiger partial charge in [-0.05, 0) is 70.3 Å². The Morgan fingerprint density at radius 2 is 1.89 bits per heavy atom. The van der Waals surface area contributed by atoms with Crippen molar-refractivity contribution in [2.75, 3.05) is 6.54 Å². The summed E-state index contributed by atoms with van der Waals surface area (Å²) in [5.74, 6) is 6.09. The average molecular weight is 249 g/mol. The van der Waals surface area contributed by atoms with Crippen molar-refractivity contribution < 1.29 is 0 Å². The first-order valence-corrected chi connectivity index (χ1v) is 7.52. The van der Waals surface area contributed by atoms with Crippen LogP contribution in [0.3, 0.4) is 0 Å². The second kappa shape index (κ2) is 6.62. The summed E-state index contributed by atoms with van der Waals surface area (Å²) in [6.07, 6.45) is 10.6. The summed E-state index contributed by atoms with van der Waals surface area (Å²) in [5, 5.41) is 3.66. The highest BCUT2D eigenvalue weighted by molar-refractivity contribution is 4.93. The molecular formula is C17H31N. The maximum Gasteiger partial charge on any atom is 0.0118 e. The molecule has 0 saturated heterocycles. The van der Waals surface area contributed by atoms with E-state index >= 15 is 0 Å². The Labute approximate surface area is 114 Å². The first kappa shape index (κ1) is 15.6. The molecule has 0 aromatic heterocycles. The summed E-state index contributed by atoms with van der Waals surface area (Å²) < 4.78 is 0. The molecule has 104 valence electrons. The maximum atomic E-state index is 5.55. The highest BCUT2D eigenvalue weighted by atomic mass is 14.9. The summed E-state index contributed by atoms with van der Waals surface area (Å²) in [6, 6.07) is 0. The minimum Gasteiger partial charge on any atom is -0.312 e. The lowest BCUT2D eigenvalue weighted by molar-refractivity contribution is 0.142. The lowest BCUT2D eigenvalue weighted by Crippen LogP contribution is -2.42. The van der Waals surface area contributed by atoms with Gasteiger partial charge in [0.1, 0.15) is 0 Å². The average Bonchev–Trinajstić information content (AvgIpc) is 2.26. The molecule has 1 rings (SSSR count). The molecule has 1 aliphatic rings. The van der Waals surface area contributed by atoms with E-state index in [-0.39, 0.29) is 5.54 Å². The predicted molar refractivity (Wildman–Crippen MR) is 80.4 cm³/mol. The molecule has 3 atom stereocenters. The van der Waals surface area contributed by atoms with E-state index in [0.717, 1.165) is 36.6 Å². The molecule has 0 spiro atoms. The Balaban J connectivity index is 2.54. The third kappa shape index (κ3) is 5.02. The van der Waals surface area contributed by atoms with E-state index in [1.807, 2.05) is 0 Å². The number of terminal acetylenes is 1. The standard InChI is InChI=1S/C17H31N/c1-7-8-15-11-14(13(2)3)9-10-16(15)12-18-17(4,5)6/h1,13-16,18H,8-12H2,2-6H3. The molecule has 0 aliphatic heterocycles. The van der Waals surface area contributed by atoms with Crippen molar-refractivity contribution in [2.45, 2.75) is 65.8 Å². The molecule has 1 heteroatoms. The SMILES string of the molecule is C#CCC1CC(C(C)C)CCC1CNC(C)(C)C. The van der Waals surface area contributed by atoms with Crippen LogP contribution in [0.25, 0.3) is 0 Å². The van der Waals surface area contributed by atoms with Crippen molar-refractivity contribution >= 4 is 0 Å². The number of rotatable bonds is 4. The monoisotopic (exact) mass is 249 g/mol. The first-order valence-electron chi connectivity index (χ1n) is 7.52. The van der Waals surface area contributed by atoms with E-state index in [4.69, 9.17) is 6.42 Å². The van der Waals surface area contributed by atoms with Crippen LogP contribution in [-0.4, -0.2) is 12.1 Å². The molecule has 1 fully saturated rings. The Bertz CT molecular complexity index is 279. The molecule has 0 bridgehead atoms. The molecule has 18 heavy (non-hydrogen) atoms. The van der Waals surface area contributed by atoms with E-state index in [1.54, 1.807) is 0 Å². The van der Waals surface area contributed by atoms with Gasteiger partial charge in [0.2, 0.25) is 0 Å². The van der Waals surface area contributed by atoms with Gasteiger partial charge >= 0.3 is 0 Å². The molecule has 0 radical (unpaired) electrons. The number of nitrogens with one attached hydrogen (secondary N) is 1. The summed E-state index contributed by atoms with van der Waals surface area (Å²) in [4.78, 5) is 0. The van der Waals surface area contributed by atoms with E-state index in [9.17, 15) is 0 Å². The number of hydrogen-bond acceptors (Lipinski definition) is 1. The second-order valence-corrected chi connectivity index (χ2v) is 7.38. The van der Waals surface area contributed by atoms with Crippen LogP contribution in [0, 0.1) is 36.0 Å². The van der Waals surface area contributed by atoms with Crippen LogP contribution >= 0.6 is 0 Å². The molecular weight excluding hydrogens is 218 g/mol. The van der Waals surface area contributed by atoms with Gasteiger partial charge in [0, 0.05) is 12.0 Å². The number of hydrogen-bond donors (Lipinski definition) is 1. The van der Waals surface area contributed by atoms with Crippen LogP contribution in [0.15, 0.2) is 0 Å². The first-order chi connectivity index (χ1) is 8.33. The van der Waals surface area contributed by atoms with Crippen LogP contribution in [0.1, 0.15) is 60.3 Å². The van der Waals surface area contributed by atoms with Crippen LogP contribution < -0.4 is 5.32 Å². The zero-order valence-electron chi connectivity index (χ0n) is 12.9. The topological polar surface area (TPSA) is 12.0 Å². The van der Waals surface area contributed by atoms with Crippen LogP contribution in [0.4, 0.5) is 0 Å². The van der Waals surface area contributed by atoms with Crippen LogP contribution in [-0.2, 0) is 0 Å². The largest absolute Gasteiger partial charge is 0.312 e. The Morgan fingerprint density at radius 3 is 2.39 bits per heavy atom. The Kier molecular flexibility index (Phi) is 5.73. The quantitative estimate of drug-likeness (QED) is 0.740. The van der Waals surface area contributed by atoms with Gasteiger partial charge in [-0.3, -0.25) is 0 Å². The minimum atomic E-state index is 0.218. The van der Waals surface area contributed by atoms with Gasteiger partial charge < -0.3 is 5.32 Å². The highest BCUT2D eigenvalue weighted by Crippen LogP contribution is 2.38. The van der Waals surface area contributed by atoms with Gasteiger partial charge in [-0.25, -0.2) is 0 Å². The summed E-state index contributed by atoms with van der Waals surface area (Å²) in [6.45, 7) is 12.5. The van der Waals surface area contributed by atoms with Crippen molar-refractivity contribution in [1.29, 1.82) is 0 Å². The Morgan fingerprint density at radius 1 is 1.22 bits per heavy atom. The Hall–Kier alpha value is -0.480. The van der Waals surface area contributed by atoms with Gasteiger partial charge in [-0.15, -0.1) is 12.3 Å². The summed E-state index contributed by atoms with van der Waals surface area (Å²) in [7, 11) is 0. The van der Waals surface area contributed by atoms with Crippen molar-refractivity contribution in [3.63, 3.8) is 0 Å². The van der Waals surface area contributed by atoms with Gasteiger partial charge in [-0.1, -0.05) is 13.8 Å². The third-order valence-electron chi connectivity index (χ3n) is 4.40. The zero-order chi connectivity index (χ0) is 13.8. The molecule has 1 saturated carbocycles. The highest BCUT2D eigenvalue weighted by Gasteiger charge is 2.31. The van der Waals surface area contributed by atoms with E-state index < -0.39 is 0 Å². The molecule has 1 nitrogen and oxygen atoms in total. The summed E-state index contributed by atoms with van der Waals surface area (Å²) >= 11 is 0. The molecule has 0 heterocycles. The predicted octanol–water partition coefficient (Wildman–Crippen LogP) is 4.09. The molecule has 0 amide bonds. The van der Waals surface area contributed by atoms with Crippen LogP contribution in [0.5, 0.6) is 0 Å². The molecule has 1 N–H and O–H groups in total.